The fourth-order valence-corrected chi connectivity index (χ4v) is 1.88. The lowest BCUT2D eigenvalue weighted by molar-refractivity contribution is -0.113. The Kier molecular flexibility index (Phi) is 3.95. The highest BCUT2D eigenvalue weighted by Gasteiger charge is 2.10. The van der Waals surface area contributed by atoms with Crippen molar-refractivity contribution in [1.82, 2.24) is 14.9 Å². The Morgan fingerprint density at radius 3 is 2.89 bits per heavy atom. The second-order valence-electron chi connectivity index (χ2n) is 3.48. The predicted molar refractivity (Wildman–Crippen MR) is 65.9 cm³/mol. The van der Waals surface area contributed by atoms with Crippen LogP contribution < -0.4 is 11.2 Å². The predicted octanol–water partition coefficient (Wildman–Crippen LogP) is 1.00. The van der Waals surface area contributed by atoms with Crippen LogP contribution in [0.1, 0.15) is 0 Å². The van der Waals surface area contributed by atoms with Crippen LogP contribution in [0, 0.1) is 11.6 Å². The first-order valence-electron chi connectivity index (χ1n) is 5.09. The number of thioether (sulfide) groups is 1. The summed E-state index contributed by atoms with van der Waals surface area (Å²) in [6.45, 7) is 0. The third-order valence-electron chi connectivity index (χ3n) is 2.08. The lowest BCUT2D eigenvalue weighted by Gasteiger charge is -2.05. The number of anilines is 1. The van der Waals surface area contributed by atoms with Gasteiger partial charge in [0.05, 0.1) is 11.4 Å². The summed E-state index contributed by atoms with van der Waals surface area (Å²) in [5.41, 5.74) is -0.0822. The van der Waals surface area contributed by atoms with Gasteiger partial charge in [0.2, 0.25) is 11.1 Å². The average Bonchev–Trinajstić information content (AvgIpc) is 2.76. The van der Waals surface area contributed by atoms with Crippen LogP contribution in [0.3, 0.4) is 0 Å². The van der Waals surface area contributed by atoms with Crippen molar-refractivity contribution in [3.8, 4) is 0 Å². The molecule has 0 spiro atoms. The van der Waals surface area contributed by atoms with Crippen LogP contribution in [-0.2, 0) is 4.79 Å². The van der Waals surface area contributed by atoms with Gasteiger partial charge in [0.15, 0.2) is 0 Å². The first kappa shape index (κ1) is 13.3. The van der Waals surface area contributed by atoms with Crippen molar-refractivity contribution < 1.29 is 13.6 Å². The van der Waals surface area contributed by atoms with Crippen molar-refractivity contribution in [1.29, 1.82) is 0 Å². The maximum absolute atomic E-state index is 13.3. The Labute approximate surface area is 111 Å². The summed E-state index contributed by atoms with van der Waals surface area (Å²) in [4.78, 5) is 11.6. The molecule has 0 fully saturated rings. The molecule has 19 heavy (non-hydrogen) atoms. The third-order valence-corrected chi connectivity index (χ3v) is 3.03. The summed E-state index contributed by atoms with van der Waals surface area (Å²) in [7, 11) is 0. The van der Waals surface area contributed by atoms with Crippen LogP contribution in [0.15, 0.2) is 29.7 Å². The molecule has 6 nitrogen and oxygen atoms in total. The van der Waals surface area contributed by atoms with Crippen molar-refractivity contribution in [2.75, 3.05) is 16.9 Å². The van der Waals surface area contributed by atoms with E-state index in [-0.39, 0.29) is 11.4 Å². The number of carbonyl (C=O) groups is 1. The zero-order valence-corrected chi connectivity index (χ0v) is 10.3. The molecule has 0 saturated carbocycles. The highest BCUT2D eigenvalue weighted by atomic mass is 32.2. The Morgan fingerprint density at radius 1 is 1.47 bits per heavy atom. The van der Waals surface area contributed by atoms with Gasteiger partial charge in [-0.15, -0.1) is 10.2 Å². The van der Waals surface area contributed by atoms with E-state index < -0.39 is 17.5 Å². The van der Waals surface area contributed by atoms with E-state index in [1.54, 1.807) is 0 Å². The number of carbonyl (C=O) groups excluding carboxylic acids is 1. The molecule has 1 aromatic carbocycles. The number of rotatable bonds is 4. The monoisotopic (exact) mass is 285 g/mol. The summed E-state index contributed by atoms with van der Waals surface area (Å²) in [5, 5.41) is 9.89. The summed E-state index contributed by atoms with van der Waals surface area (Å²) >= 11 is 1.05. The number of nitrogen functional groups attached to an aromatic ring is 1. The van der Waals surface area contributed by atoms with Crippen molar-refractivity contribution in [3.63, 3.8) is 0 Å². The van der Waals surface area contributed by atoms with Crippen molar-refractivity contribution in [2.24, 2.45) is 0 Å². The van der Waals surface area contributed by atoms with E-state index >= 15 is 0 Å². The van der Waals surface area contributed by atoms with Crippen molar-refractivity contribution in [3.05, 3.63) is 36.2 Å². The molecular formula is C10H9F2N5OS. The Hall–Kier alpha value is -2.16. The number of benzene rings is 1. The van der Waals surface area contributed by atoms with E-state index in [1.165, 1.54) is 6.33 Å². The molecule has 2 aromatic rings. The highest BCUT2D eigenvalue weighted by molar-refractivity contribution is 7.99. The number of hydrogen-bond acceptors (Lipinski definition) is 5. The minimum Gasteiger partial charge on any atom is -0.336 e. The van der Waals surface area contributed by atoms with Crippen LogP contribution in [0.25, 0.3) is 0 Å². The topological polar surface area (TPSA) is 85.8 Å². The molecule has 2 rings (SSSR count). The number of hydrogen-bond donors (Lipinski definition) is 2. The molecule has 0 atom stereocenters. The normalized spacial score (nSPS) is 10.4. The molecule has 100 valence electrons. The molecule has 3 N–H and O–H groups in total. The van der Waals surface area contributed by atoms with Crippen molar-refractivity contribution in [2.45, 2.75) is 5.16 Å². The molecule has 1 amide bonds. The minimum absolute atomic E-state index is 0.0211. The smallest absolute Gasteiger partial charge is 0.234 e. The maximum atomic E-state index is 13.3. The Bertz CT molecular complexity index is 603. The summed E-state index contributed by atoms with van der Waals surface area (Å²) in [5.74, 6) is 3.44. The molecule has 0 unspecified atom stereocenters. The van der Waals surface area contributed by atoms with Gasteiger partial charge in [-0.2, -0.15) is 0 Å². The molecule has 0 aliphatic rings. The van der Waals surface area contributed by atoms with E-state index in [4.69, 9.17) is 5.84 Å². The van der Waals surface area contributed by atoms with Gasteiger partial charge < -0.3 is 11.2 Å². The number of amides is 1. The summed E-state index contributed by atoms with van der Waals surface area (Å²) in [6, 6.07) is 2.90. The molecule has 0 bridgehead atoms. The van der Waals surface area contributed by atoms with Crippen LogP contribution in [0.2, 0.25) is 0 Å². The molecule has 0 aliphatic carbocycles. The fraction of sp³-hybridized carbons (Fsp3) is 0.100. The summed E-state index contributed by atoms with van der Waals surface area (Å²) in [6.07, 6.45) is 1.29. The van der Waals surface area contributed by atoms with Crippen LogP contribution in [0.5, 0.6) is 0 Å². The van der Waals surface area contributed by atoms with E-state index in [0.29, 0.717) is 11.2 Å². The second kappa shape index (κ2) is 5.65. The molecule has 0 radical (unpaired) electrons. The number of halogens is 2. The van der Waals surface area contributed by atoms with Crippen LogP contribution >= 0.6 is 11.8 Å². The number of nitrogens with one attached hydrogen (secondary N) is 1. The Balaban J connectivity index is 1.93. The van der Waals surface area contributed by atoms with Gasteiger partial charge in [-0.25, -0.2) is 13.5 Å². The standard InChI is InChI=1S/C10H9F2N5OS/c11-6-1-2-8(7(12)3-6)15-9(18)4-19-10-16-14-5-17(10)13/h1-3,5H,4,13H2,(H,15,18). The number of aromatic nitrogens is 3. The third kappa shape index (κ3) is 3.41. The lowest BCUT2D eigenvalue weighted by atomic mass is 10.3. The van der Waals surface area contributed by atoms with Gasteiger partial charge in [-0.1, -0.05) is 11.8 Å². The quantitative estimate of drug-likeness (QED) is 0.646. The van der Waals surface area contributed by atoms with Gasteiger partial charge in [0.25, 0.3) is 0 Å². The minimum atomic E-state index is -0.833. The molecule has 9 heteroatoms. The molecule has 0 saturated heterocycles. The zero-order chi connectivity index (χ0) is 13.8. The molecular weight excluding hydrogens is 276 g/mol. The number of nitrogens with two attached hydrogens (primary N) is 1. The van der Waals surface area contributed by atoms with Gasteiger partial charge in [-0.3, -0.25) is 4.79 Å². The van der Waals surface area contributed by atoms with Gasteiger partial charge in [0, 0.05) is 6.07 Å². The van der Waals surface area contributed by atoms with Crippen LogP contribution in [-0.4, -0.2) is 26.5 Å². The molecule has 1 aromatic heterocycles. The van der Waals surface area contributed by atoms with Crippen LogP contribution in [0.4, 0.5) is 14.5 Å². The fourth-order valence-electron chi connectivity index (χ4n) is 1.24. The van der Waals surface area contributed by atoms with Gasteiger partial charge >= 0.3 is 0 Å². The average molecular weight is 285 g/mol. The molecule has 0 aliphatic heterocycles. The zero-order valence-electron chi connectivity index (χ0n) is 9.51. The van der Waals surface area contributed by atoms with Crippen molar-refractivity contribution >= 4 is 23.4 Å². The maximum Gasteiger partial charge on any atom is 0.234 e. The largest absolute Gasteiger partial charge is 0.336 e. The van der Waals surface area contributed by atoms with E-state index in [9.17, 15) is 13.6 Å². The van der Waals surface area contributed by atoms with E-state index in [0.717, 1.165) is 28.6 Å². The first-order valence-corrected chi connectivity index (χ1v) is 6.07. The van der Waals surface area contributed by atoms with Gasteiger partial charge in [0.1, 0.15) is 18.0 Å². The SMILES string of the molecule is Nn1cnnc1SCC(=O)Nc1ccc(F)cc1F. The lowest BCUT2D eigenvalue weighted by Crippen LogP contribution is -2.16. The number of nitrogens with zero attached hydrogens (tertiary/aromatic N) is 3. The highest BCUT2D eigenvalue weighted by Crippen LogP contribution is 2.17. The van der Waals surface area contributed by atoms with Gasteiger partial charge in [-0.05, 0) is 12.1 Å². The van der Waals surface area contributed by atoms with E-state index in [1.807, 2.05) is 0 Å². The first-order chi connectivity index (χ1) is 9.06. The summed E-state index contributed by atoms with van der Waals surface area (Å²) < 4.78 is 27.1. The molecule has 1 heterocycles. The second-order valence-corrected chi connectivity index (χ2v) is 4.42. The van der Waals surface area contributed by atoms with E-state index in [2.05, 4.69) is 15.5 Å². The Morgan fingerprint density at radius 2 is 2.26 bits per heavy atom.